The molecular formula is C9H20S6. The first kappa shape index (κ1) is 17.1. The highest BCUT2D eigenvalue weighted by molar-refractivity contribution is 7.89. The van der Waals surface area contributed by atoms with Crippen molar-refractivity contribution in [2.45, 2.75) is 40.3 Å². The maximum atomic E-state index is 4.56. The first-order chi connectivity index (χ1) is 7.04. The van der Waals surface area contributed by atoms with Gasteiger partial charge in [0.2, 0.25) is 0 Å². The molecule has 0 radical (unpaired) electrons. The summed E-state index contributed by atoms with van der Waals surface area (Å²) >= 11 is 26.5. The van der Waals surface area contributed by atoms with Gasteiger partial charge in [0.25, 0.3) is 0 Å². The van der Waals surface area contributed by atoms with Crippen molar-refractivity contribution >= 4 is 75.8 Å². The molecule has 92 valence electrons. The van der Waals surface area contributed by atoms with Crippen molar-refractivity contribution in [3.63, 3.8) is 0 Å². The number of unbranched alkanes of at least 4 members (excludes halogenated alkanes) is 1. The molecule has 0 saturated carbocycles. The van der Waals surface area contributed by atoms with Crippen molar-refractivity contribution < 1.29 is 0 Å². The third-order valence-electron chi connectivity index (χ3n) is 2.23. The fourth-order valence-corrected chi connectivity index (χ4v) is 3.31. The summed E-state index contributed by atoms with van der Waals surface area (Å²) in [6.45, 7) is 0. The largest absolute Gasteiger partial charge is 0.179 e. The Labute approximate surface area is 127 Å². The Bertz CT molecular complexity index is 154. The lowest BCUT2D eigenvalue weighted by atomic mass is 10.1. The quantitative estimate of drug-likeness (QED) is 0.287. The van der Waals surface area contributed by atoms with Gasteiger partial charge in [0, 0.05) is 26.8 Å². The van der Waals surface area contributed by atoms with E-state index in [1.807, 2.05) is 0 Å². The predicted molar refractivity (Wildman–Crippen MR) is 92.7 cm³/mol. The van der Waals surface area contributed by atoms with E-state index in [4.69, 9.17) is 0 Å². The fourth-order valence-electron chi connectivity index (χ4n) is 1.20. The molecule has 4 unspecified atom stereocenters. The van der Waals surface area contributed by atoms with Crippen LogP contribution in [0.3, 0.4) is 0 Å². The fraction of sp³-hybridized carbons (Fsp3) is 1.00. The minimum atomic E-state index is 0.132. The van der Waals surface area contributed by atoms with Crippen LogP contribution in [-0.2, 0) is 0 Å². The molecule has 0 aromatic carbocycles. The normalized spacial score (nSPS) is 19.6. The monoisotopic (exact) mass is 320 g/mol. The lowest BCUT2D eigenvalue weighted by molar-refractivity contribution is 0.651. The summed E-state index contributed by atoms with van der Waals surface area (Å²) in [4.78, 5) is 0. The van der Waals surface area contributed by atoms with Crippen LogP contribution in [0.5, 0.6) is 0 Å². The van der Waals surface area contributed by atoms with Gasteiger partial charge in [0.1, 0.15) is 0 Å². The average molecular weight is 321 g/mol. The third-order valence-corrected chi connectivity index (χ3v) is 6.38. The lowest BCUT2D eigenvalue weighted by Gasteiger charge is -2.27. The minimum absolute atomic E-state index is 0.132. The summed E-state index contributed by atoms with van der Waals surface area (Å²) in [5.74, 6) is 1.65. The highest BCUT2D eigenvalue weighted by atomic mass is 32.1. The van der Waals surface area contributed by atoms with Crippen molar-refractivity contribution in [3.05, 3.63) is 0 Å². The highest BCUT2D eigenvalue weighted by Crippen LogP contribution is 2.26. The molecular weight excluding hydrogens is 301 g/mol. The van der Waals surface area contributed by atoms with Gasteiger partial charge in [-0.1, -0.05) is 6.42 Å². The van der Waals surface area contributed by atoms with Gasteiger partial charge in [0.05, 0.1) is 0 Å². The number of thiol groups is 6. The second kappa shape index (κ2) is 10.1. The van der Waals surface area contributed by atoms with E-state index in [0.29, 0.717) is 5.75 Å². The SMILES string of the molecule is SCCCCC(S)C(S)C(S)C(S)CS. The Morgan fingerprint density at radius 3 is 1.73 bits per heavy atom. The average Bonchev–Trinajstić information content (AvgIpc) is 2.26. The van der Waals surface area contributed by atoms with Gasteiger partial charge in [-0.3, -0.25) is 0 Å². The maximum Gasteiger partial charge on any atom is 0.0268 e. The first-order valence-electron chi connectivity index (χ1n) is 4.98. The van der Waals surface area contributed by atoms with Gasteiger partial charge < -0.3 is 0 Å². The van der Waals surface area contributed by atoms with Crippen LogP contribution in [0, 0.1) is 0 Å². The Hall–Kier alpha value is 2.10. The van der Waals surface area contributed by atoms with E-state index < -0.39 is 0 Å². The van der Waals surface area contributed by atoms with E-state index in [0.717, 1.165) is 25.0 Å². The van der Waals surface area contributed by atoms with E-state index in [1.165, 1.54) is 0 Å². The van der Waals surface area contributed by atoms with Gasteiger partial charge in [-0.2, -0.15) is 75.8 Å². The minimum Gasteiger partial charge on any atom is -0.179 e. The molecule has 0 N–H and O–H groups in total. The molecule has 0 heterocycles. The van der Waals surface area contributed by atoms with E-state index >= 15 is 0 Å². The summed E-state index contributed by atoms with van der Waals surface area (Å²) < 4.78 is 0. The number of hydrogen-bond acceptors (Lipinski definition) is 6. The lowest BCUT2D eigenvalue weighted by Crippen LogP contribution is -2.33. The van der Waals surface area contributed by atoms with E-state index in [-0.39, 0.29) is 21.0 Å². The smallest absolute Gasteiger partial charge is 0.0268 e. The molecule has 0 aromatic heterocycles. The van der Waals surface area contributed by atoms with Crippen LogP contribution in [-0.4, -0.2) is 32.5 Å². The molecule has 4 atom stereocenters. The number of hydrogen-bond donors (Lipinski definition) is 6. The van der Waals surface area contributed by atoms with Crippen molar-refractivity contribution in [3.8, 4) is 0 Å². The predicted octanol–water partition coefficient (Wildman–Crippen LogP) is 3.21. The van der Waals surface area contributed by atoms with Crippen LogP contribution < -0.4 is 0 Å². The molecule has 0 fully saturated rings. The third kappa shape index (κ3) is 7.19. The topological polar surface area (TPSA) is 0 Å². The second-order valence-corrected chi connectivity index (χ2v) is 6.85. The first-order valence-corrected chi connectivity index (χ1v) is 8.31. The maximum absolute atomic E-state index is 4.56. The Kier molecular flexibility index (Phi) is 11.5. The standard InChI is InChI=1S/C9H20S6/c10-4-2-1-3-6(12)8(14)9(15)7(13)5-11/h6-15H,1-5H2. The highest BCUT2D eigenvalue weighted by Gasteiger charge is 2.25. The molecule has 15 heavy (non-hydrogen) atoms. The van der Waals surface area contributed by atoms with Crippen LogP contribution in [0.15, 0.2) is 0 Å². The summed E-state index contributed by atoms with van der Waals surface area (Å²) in [6, 6.07) is 0. The molecule has 0 aliphatic carbocycles. The summed E-state index contributed by atoms with van der Waals surface area (Å²) in [7, 11) is 0. The van der Waals surface area contributed by atoms with Crippen molar-refractivity contribution in [1.29, 1.82) is 0 Å². The molecule has 0 nitrogen and oxygen atoms in total. The zero-order chi connectivity index (χ0) is 11.8. The Balaban J connectivity index is 3.90. The summed E-state index contributed by atoms with van der Waals surface area (Å²) in [6.07, 6.45) is 3.34. The van der Waals surface area contributed by atoms with E-state index in [2.05, 4.69) is 75.8 Å². The molecule has 6 heteroatoms. The van der Waals surface area contributed by atoms with Crippen LogP contribution in [0.4, 0.5) is 0 Å². The van der Waals surface area contributed by atoms with Crippen molar-refractivity contribution in [2.24, 2.45) is 0 Å². The molecule has 0 rings (SSSR count). The molecule has 0 saturated heterocycles. The molecule has 0 amide bonds. The molecule has 0 spiro atoms. The molecule has 0 aromatic rings. The van der Waals surface area contributed by atoms with Crippen molar-refractivity contribution in [2.75, 3.05) is 11.5 Å². The van der Waals surface area contributed by atoms with Gasteiger partial charge in [-0.05, 0) is 18.6 Å². The Morgan fingerprint density at radius 2 is 1.27 bits per heavy atom. The molecule has 0 aliphatic rings. The van der Waals surface area contributed by atoms with E-state index in [9.17, 15) is 0 Å². The van der Waals surface area contributed by atoms with E-state index in [1.54, 1.807) is 0 Å². The summed E-state index contributed by atoms with van der Waals surface area (Å²) in [5.41, 5.74) is 0. The Morgan fingerprint density at radius 1 is 0.733 bits per heavy atom. The van der Waals surface area contributed by atoms with Crippen LogP contribution >= 0.6 is 75.8 Å². The molecule has 0 bridgehead atoms. The zero-order valence-electron chi connectivity index (χ0n) is 8.53. The van der Waals surface area contributed by atoms with Gasteiger partial charge in [-0.15, -0.1) is 0 Å². The van der Waals surface area contributed by atoms with Crippen molar-refractivity contribution in [1.82, 2.24) is 0 Å². The van der Waals surface area contributed by atoms with Gasteiger partial charge in [-0.25, -0.2) is 0 Å². The number of rotatable bonds is 8. The van der Waals surface area contributed by atoms with Crippen LogP contribution in [0.2, 0.25) is 0 Å². The van der Waals surface area contributed by atoms with Crippen LogP contribution in [0.1, 0.15) is 19.3 Å². The van der Waals surface area contributed by atoms with Crippen LogP contribution in [0.25, 0.3) is 0 Å². The van der Waals surface area contributed by atoms with Gasteiger partial charge in [0.15, 0.2) is 0 Å². The zero-order valence-corrected chi connectivity index (χ0v) is 13.9. The summed E-state index contributed by atoms with van der Waals surface area (Å²) in [5, 5.41) is 0.725. The molecule has 0 aliphatic heterocycles. The second-order valence-electron chi connectivity index (χ2n) is 3.52. The van der Waals surface area contributed by atoms with Gasteiger partial charge >= 0.3 is 0 Å².